The number of ketones is 1. The molecule has 10 heteroatoms. The van der Waals surface area contributed by atoms with E-state index < -0.39 is 17.7 Å². The lowest BCUT2D eigenvalue weighted by Crippen LogP contribution is -2.29. The Morgan fingerprint density at radius 3 is 2.47 bits per heavy atom. The number of thioether (sulfide) groups is 1. The van der Waals surface area contributed by atoms with Gasteiger partial charge in [0.05, 0.1) is 11.6 Å². The summed E-state index contributed by atoms with van der Waals surface area (Å²) in [6.07, 6.45) is 0. The molecule has 5 rings (SSSR count). The second-order valence-corrected chi connectivity index (χ2v) is 12.3. The number of aliphatic hydroxyl groups excluding tert-OH is 1. The predicted molar refractivity (Wildman–Crippen MR) is 156 cm³/mol. The first-order chi connectivity index (χ1) is 18.2. The van der Waals surface area contributed by atoms with Crippen molar-refractivity contribution in [1.29, 1.82) is 0 Å². The summed E-state index contributed by atoms with van der Waals surface area (Å²) in [6.45, 7) is 3.76. The summed E-state index contributed by atoms with van der Waals surface area (Å²) in [5.41, 5.74) is 4.01. The van der Waals surface area contributed by atoms with E-state index in [4.69, 9.17) is 11.6 Å². The lowest BCUT2D eigenvalue weighted by molar-refractivity contribution is -0.132. The number of nitrogens with zero attached hydrogens (tertiary/aromatic N) is 3. The summed E-state index contributed by atoms with van der Waals surface area (Å²) < 4.78 is 1.51. The van der Waals surface area contributed by atoms with E-state index in [2.05, 4.69) is 26.1 Å². The van der Waals surface area contributed by atoms with Crippen LogP contribution in [0.2, 0.25) is 5.02 Å². The molecule has 0 aliphatic carbocycles. The average Bonchev–Trinajstić information content (AvgIpc) is 3.47. The van der Waals surface area contributed by atoms with Crippen molar-refractivity contribution in [3.05, 3.63) is 110 Å². The first-order valence-corrected chi connectivity index (χ1v) is 14.5. The van der Waals surface area contributed by atoms with Crippen LogP contribution >= 0.6 is 50.6 Å². The molecule has 0 radical (unpaired) electrons. The zero-order chi connectivity index (χ0) is 27.0. The second-order valence-electron chi connectivity index (χ2n) is 8.80. The number of hydrogen-bond donors (Lipinski definition) is 1. The number of amides is 1. The Morgan fingerprint density at radius 1 is 1.05 bits per heavy atom. The van der Waals surface area contributed by atoms with E-state index in [0.717, 1.165) is 21.2 Å². The van der Waals surface area contributed by atoms with Crippen LogP contribution in [0.3, 0.4) is 0 Å². The Kier molecular flexibility index (Phi) is 7.72. The number of carbonyl (C=O) groups is 2. The molecule has 1 atom stereocenters. The van der Waals surface area contributed by atoms with Crippen LogP contribution in [0, 0.1) is 13.8 Å². The van der Waals surface area contributed by atoms with E-state index in [9.17, 15) is 14.7 Å². The van der Waals surface area contributed by atoms with Gasteiger partial charge >= 0.3 is 5.91 Å². The molecule has 0 bridgehead atoms. The van der Waals surface area contributed by atoms with Gasteiger partial charge in [-0.3, -0.25) is 14.5 Å². The quantitative estimate of drug-likeness (QED) is 0.0785. The molecule has 1 aliphatic rings. The van der Waals surface area contributed by atoms with Crippen molar-refractivity contribution in [1.82, 2.24) is 10.2 Å². The van der Waals surface area contributed by atoms with Gasteiger partial charge in [0.25, 0.3) is 5.78 Å². The minimum Gasteiger partial charge on any atom is -0.507 e. The SMILES string of the molecule is Cc1ccc(C)c(C(O)=C2C(=O)C(=O)N(c3nnc(SCc4ccc(Cl)cc4)s3)C2c2ccc(Br)cc2)c1. The molecule has 4 aromatic rings. The lowest BCUT2D eigenvalue weighted by atomic mass is 9.93. The normalized spacial score (nSPS) is 16.8. The molecular weight excluding hydrogens is 606 g/mol. The molecule has 38 heavy (non-hydrogen) atoms. The molecule has 1 amide bonds. The number of carbonyl (C=O) groups excluding carboxylic acids is 2. The monoisotopic (exact) mass is 625 g/mol. The van der Waals surface area contributed by atoms with Gasteiger partial charge in [0.15, 0.2) is 4.34 Å². The fraction of sp³-hybridized carbons (Fsp3) is 0.143. The van der Waals surface area contributed by atoms with Crippen molar-refractivity contribution < 1.29 is 14.7 Å². The topological polar surface area (TPSA) is 83.4 Å². The molecule has 6 nitrogen and oxygen atoms in total. The number of halogens is 2. The van der Waals surface area contributed by atoms with E-state index in [1.54, 1.807) is 0 Å². The van der Waals surface area contributed by atoms with Crippen LogP contribution in [0.25, 0.3) is 5.76 Å². The Morgan fingerprint density at radius 2 is 1.76 bits per heavy atom. The highest BCUT2D eigenvalue weighted by atomic mass is 79.9. The van der Waals surface area contributed by atoms with Crippen LogP contribution in [0.15, 0.2) is 81.1 Å². The summed E-state index contributed by atoms with van der Waals surface area (Å²) >= 11 is 12.1. The van der Waals surface area contributed by atoms with Crippen molar-refractivity contribution in [2.75, 3.05) is 4.90 Å². The summed E-state index contributed by atoms with van der Waals surface area (Å²) in [5.74, 6) is -1.08. The molecule has 1 aliphatic heterocycles. The van der Waals surface area contributed by atoms with Crippen molar-refractivity contribution in [2.24, 2.45) is 0 Å². The van der Waals surface area contributed by atoms with Crippen LogP contribution in [0.1, 0.15) is 33.9 Å². The molecule has 0 saturated carbocycles. The van der Waals surface area contributed by atoms with Gasteiger partial charge in [-0.25, -0.2) is 0 Å². The molecule has 1 N–H and O–H groups in total. The number of aryl methyl sites for hydroxylation is 2. The number of Topliss-reactive ketones (excluding diaryl/α,β-unsaturated/α-hetero) is 1. The zero-order valence-electron chi connectivity index (χ0n) is 20.3. The predicted octanol–water partition coefficient (Wildman–Crippen LogP) is 7.49. The maximum absolute atomic E-state index is 13.4. The number of rotatable bonds is 6. The standard InChI is InChI=1S/C28H21BrClN3O3S2/c1-15-3-4-16(2)21(13-15)24(34)22-23(18-7-9-19(29)10-8-18)33(26(36)25(22)35)27-31-32-28(38-27)37-14-17-5-11-20(30)12-6-17/h3-13,23,34H,14H2,1-2H3. The van der Waals surface area contributed by atoms with Crippen LogP contribution in [0.4, 0.5) is 5.13 Å². The largest absolute Gasteiger partial charge is 0.507 e. The Hall–Kier alpha value is -2.98. The highest BCUT2D eigenvalue weighted by Gasteiger charge is 2.48. The molecule has 3 aromatic carbocycles. The third-order valence-electron chi connectivity index (χ3n) is 6.16. The van der Waals surface area contributed by atoms with Crippen LogP contribution in [0.5, 0.6) is 0 Å². The average molecular weight is 627 g/mol. The minimum absolute atomic E-state index is 0.0246. The van der Waals surface area contributed by atoms with E-state index in [0.29, 0.717) is 31.4 Å². The molecule has 1 saturated heterocycles. The first kappa shape index (κ1) is 26.6. The summed E-state index contributed by atoms with van der Waals surface area (Å²) in [7, 11) is 0. The van der Waals surface area contributed by atoms with Gasteiger partial charge in [-0.1, -0.05) is 92.6 Å². The highest BCUT2D eigenvalue weighted by Crippen LogP contribution is 2.44. The van der Waals surface area contributed by atoms with Gasteiger partial charge < -0.3 is 5.11 Å². The van der Waals surface area contributed by atoms with E-state index in [1.165, 1.54) is 28.0 Å². The summed E-state index contributed by atoms with van der Waals surface area (Å²) in [6, 6.07) is 19.6. The molecular formula is C28H21BrClN3O3S2. The van der Waals surface area contributed by atoms with E-state index in [-0.39, 0.29) is 11.3 Å². The van der Waals surface area contributed by atoms with Crippen LogP contribution < -0.4 is 4.90 Å². The van der Waals surface area contributed by atoms with Crippen molar-refractivity contribution in [2.45, 2.75) is 30.0 Å². The van der Waals surface area contributed by atoms with E-state index >= 15 is 0 Å². The molecule has 2 heterocycles. The molecule has 1 aromatic heterocycles. The second kappa shape index (κ2) is 11.0. The van der Waals surface area contributed by atoms with Crippen molar-refractivity contribution in [3.8, 4) is 0 Å². The van der Waals surface area contributed by atoms with Gasteiger partial charge in [0.2, 0.25) is 5.13 Å². The molecule has 1 unspecified atom stereocenters. The first-order valence-electron chi connectivity index (χ1n) is 11.6. The third kappa shape index (κ3) is 5.29. The number of hydrogen-bond acceptors (Lipinski definition) is 7. The van der Waals surface area contributed by atoms with Gasteiger partial charge in [-0.2, -0.15) is 0 Å². The Bertz CT molecular complexity index is 1570. The van der Waals surface area contributed by atoms with Crippen molar-refractivity contribution >= 4 is 73.2 Å². The maximum Gasteiger partial charge on any atom is 0.301 e. The maximum atomic E-state index is 13.4. The van der Waals surface area contributed by atoms with Gasteiger partial charge in [0.1, 0.15) is 5.76 Å². The van der Waals surface area contributed by atoms with Crippen LogP contribution in [-0.4, -0.2) is 27.0 Å². The number of aliphatic hydroxyl groups is 1. The summed E-state index contributed by atoms with van der Waals surface area (Å²) in [5, 5.41) is 20.9. The van der Waals surface area contributed by atoms with Gasteiger partial charge in [-0.05, 0) is 60.9 Å². The molecule has 1 fully saturated rings. The number of benzene rings is 3. The fourth-order valence-corrected chi connectivity index (χ4v) is 6.42. The fourth-order valence-electron chi connectivity index (χ4n) is 4.21. The number of aromatic nitrogens is 2. The van der Waals surface area contributed by atoms with Crippen LogP contribution in [-0.2, 0) is 15.3 Å². The molecule has 192 valence electrons. The zero-order valence-corrected chi connectivity index (χ0v) is 24.3. The van der Waals surface area contributed by atoms with E-state index in [1.807, 2.05) is 80.6 Å². The molecule has 0 spiro atoms. The van der Waals surface area contributed by atoms with Crippen molar-refractivity contribution in [3.63, 3.8) is 0 Å². The summed E-state index contributed by atoms with van der Waals surface area (Å²) in [4.78, 5) is 28.2. The Balaban J connectivity index is 1.55. The van der Waals surface area contributed by atoms with Gasteiger partial charge in [0, 0.05) is 20.8 Å². The van der Waals surface area contributed by atoms with Gasteiger partial charge in [-0.15, -0.1) is 10.2 Å². The highest BCUT2D eigenvalue weighted by molar-refractivity contribution is 9.10. The Labute approximate surface area is 241 Å². The smallest absolute Gasteiger partial charge is 0.301 e. The lowest BCUT2D eigenvalue weighted by Gasteiger charge is -2.22. The number of anilines is 1. The third-order valence-corrected chi connectivity index (χ3v) is 9.06. The minimum atomic E-state index is -0.856.